The third-order valence-corrected chi connectivity index (χ3v) is 3.96. The number of hydrogen-bond donors (Lipinski definition) is 1. The first kappa shape index (κ1) is 10.4. The van der Waals surface area contributed by atoms with Gasteiger partial charge in [0.15, 0.2) is 0 Å². The summed E-state index contributed by atoms with van der Waals surface area (Å²) in [5, 5.41) is 8.76. The van der Waals surface area contributed by atoms with Crippen molar-refractivity contribution < 1.29 is 36.5 Å². The molecule has 0 aromatic carbocycles. The number of carbonyl (C=O) groups is 2. The van der Waals surface area contributed by atoms with Gasteiger partial charge in [0.1, 0.15) is 0 Å². The van der Waals surface area contributed by atoms with Gasteiger partial charge in [-0.2, -0.15) is 0 Å². The lowest BCUT2D eigenvalue weighted by Crippen LogP contribution is -2.25. The number of unbranched alkanes of at least 4 members (excludes halogenated alkanes) is 7. The second-order valence-electron chi connectivity index (χ2n) is 5.68. The van der Waals surface area contributed by atoms with E-state index in [4.69, 9.17) is 17.4 Å². The monoisotopic (exact) mass is 347 g/mol. The molecule has 1 N–H and O–H groups in total. The zero-order valence-corrected chi connectivity index (χ0v) is 13.7. The van der Waals surface area contributed by atoms with E-state index in [1.165, 1.54) is 0 Å². The van der Waals surface area contributed by atoms with Gasteiger partial charge in [-0.3, -0.25) is 9.59 Å². The summed E-state index contributed by atoms with van der Waals surface area (Å²) < 4.78 is 75.5. The number of hydrogen-bond acceptors (Lipinski definition) is 5. The first-order valence-corrected chi connectivity index (χ1v) is 8.14. The van der Waals surface area contributed by atoms with Gasteiger partial charge in [0, 0.05) is 21.9 Å². The summed E-state index contributed by atoms with van der Waals surface area (Å²) in [4.78, 5) is 25.9. The molecular weight excluding hydrogens is 308 g/mol. The van der Waals surface area contributed by atoms with E-state index in [0.717, 1.165) is 38.5 Å². The maximum atomic E-state index is 13.0. The van der Waals surface area contributed by atoms with E-state index in [2.05, 4.69) is 9.47 Å². The maximum absolute atomic E-state index is 13.0. The molecule has 5 nitrogen and oxygen atoms in total. The molecule has 0 unspecified atom stereocenters. The molecule has 1 rings (SSSR count). The quantitative estimate of drug-likeness (QED) is 0.432. The summed E-state index contributed by atoms with van der Waals surface area (Å²) in [6.07, 6.45) is 6.23. The summed E-state index contributed by atoms with van der Waals surface area (Å²) in [5.41, 5.74) is -1.30. The Morgan fingerprint density at radius 2 is 1.38 bits per heavy atom. The number of allylic oxidation sites excluding steroid dienone is 2. The van der Waals surface area contributed by atoms with Crippen molar-refractivity contribution in [1.82, 2.24) is 0 Å². The second-order valence-corrected chi connectivity index (χ2v) is 5.68. The van der Waals surface area contributed by atoms with E-state index in [-0.39, 0.29) is 13.0 Å². The third-order valence-electron chi connectivity index (χ3n) is 3.96. The zero-order chi connectivity index (χ0) is 25.4. The van der Waals surface area contributed by atoms with E-state index in [1.807, 2.05) is 0 Å². The summed E-state index contributed by atoms with van der Waals surface area (Å²) >= 11 is 0. The van der Waals surface area contributed by atoms with Gasteiger partial charge < -0.3 is 14.6 Å². The lowest BCUT2D eigenvalue weighted by molar-refractivity contribution is -0.121. The summed E-state index contributed by atoms with van der Waals surface area (Å²) in [6.45, 7) is -2.89. The van der Waals surface area contributed by atoms with Crippen LogP contribution in [0.2, 0.25) is 0 Å². The fourth-order valence-electron chi connectivity index (χ4n) is 2.61. The van der Waals surface area contributed by atoms with E-state index >= 15 is 0 Å². The molecule has 0 amide bonds. The van der Waals surface area contributed by atoms with Crippen LogP contribution in [0.1, 0.15) is 77.0 Å². The van der Waals surface area contributed by atoms with Crippen LogP contribution in [-0.4, -0.2) is 37.4 Å². The molecule has 5 heteroatoms. The Morgan fingerprint density at radius 3 is 1.92 bits per heavy atom. The average Bonchev–Trinajstić information content (AvgIpc) is 2.64. The van der Waals surface area contributed by atoms with E-state index in [0.29, 0.717) is 12.8 Å². The van der Waals surface area contributed by atoms with Crippen molar-refractivity contribution in [2.24, 2.45) is 0 Å². The highest BCUT2D eigenvalue weighted by Gasteiger charge is 2.34. The van der Waals surface area contributed by atoms with Crippen LogP contribution >= 0.6 is 0 Å². The molecule has 0 radical (unpaired) electrons. The van der Waals surface area contributed by atoms with Gasteiger partial charge in [-0.25, -0.2) is 0 Å². The Hall–Kier alpha value is -1.62. The van der Waals surface area contributed by atoms with Gasteiger partial charge in [0.2, 0.25) is 23.1 Å². The van der Waals surface area contributed by atoms with Gasteiger partial charge >= 0.3 is 0 Å². The largest absolute Gasteiger partial charge is 0.489 e. The van der Waals surface area contributed by atoms with Crippen molar-refractivity contribution in [3.63, 3.8) is 0 Å². The first-order valence-electron chi connectivity index (χ1n) is 12.6. The van der Waals surface area contributed by atoms with Crippen LogP contribution < -0.4 is 0 Å². The molecule has 0 aliphatic heterocycles. The van der Waals surface area contributed by atoms with Gasteiger partial charge in [-0.1, -0.05) is 38.5 Å². The van der Waals surface area contributed by atoms with Gasteiger partial charge in [0.25, 0.3) is 0 Å². The van der Waals surface area contributed by atoms with Crippen molar-refractivity contribution >= 4 is 11.6 Å². The Kier molecular flexibility index (Phi) is 4.77. The van der Waals surface area contributed by atoms with E-state index < -0.39 is 55.2 Å². The summed E-state index contributed by atoms with van der Waals surface area (Å²) in [6, 6.07) is 0. The van der Waals surface area contributed by atoms with Crippen LogP contribution in [0.25, 0.3) is 0 Å². The molecular formula is C19H30O5. The van der Waals surface area contributed by atoms with E-state index in [1.54, 1.807) is 0 Å². The number of methoxy groups -OCH3 is 2. The molecule has 0 aromatic rings. The lowest BCUT2D eigenvalue weighted by Gasteiger charge is -2.20. The smallest absolute Gasteiger partial charge is 0.228 e. The molecule has 0 saturated heterocycles. The number of carbonyl (C=O) groups excluding carboxylic acids is 2. The Labute approximate surface area is 157 Å². The molecule has 0 aromatic heterocycles. The average molecular weight is 347 g/mol. The van der Waals surface area contributed by atoms with Crippen LogP contribution in [0.4, 0.5) is 0 Å². The minimum Gasteiger partial charge on any atom is -0.489 e. The third kappa shape index (κ3) is 5.48. The van der Waals surface area contributed by atoms with Crippen molar-refractivity contribution in [3.8, 4) is 0 Å². The van der Waals surface area contributed by atoms with E-state index in [9.17, 15) is 9.59 Å². The number of aliphatic hydroxyl groups is 1. The molecule has 0 bridgehead atoms. The van der Waals surface area contributed by atoms with Crippen LogP contribution in [0.15, 0.2) is 22.7 Å². The van der Waals surface area contributed by atoms with Gasteiger partial charge in [-0.15, -0.1) is 0 Å². The lowest BCUT2D eigenvalue weighted by atomic mass is 9.89. The fraction of sp³-hybridized carbons (Fsp3) is 0.684. The molecule has 24 heavy (non-hydrogen) atoms. The number of ether oxygens (including phenoxy) is 2. The SMILES string of the molecule is [2H]C([2H])([2H])OC1=C(OC([2H])([2H])[2H])C(=O)C(C([2H])([2H])[2H])=C(CCCCCCCCCCO)C1=O. The maximum Gasteiger partial charge on any atom is 0.228 e. The topological polar surface area (TPSA) is 72.8 Å². The minimum atomic E-state index is -3.25. The number of ketones is 2. The highest BCUT2D eigenvalue weighted by Crippen LogP contribution is 2.28. The molecule has 0 fully saturated rings. The Bertz CT molecular complexity index is 761. The van der Waals surface area contributed by atoms with Gasteiger partial charge in [0.05, 0.1) is 22.3 Å². The minimum absolute atomic E-state index is 0.113. The molecule has 0 atom stereocenters. The predicted octanol–water partition coefficient (Wildman–Crippen LogP) is 3.46. The predicted molar refractivity (Wildman–Crippen MR) is 92.4 cm³/mol. The number of rotatable bonds is 12. The molecule has 1 aliphatic carbocycles. The molecule has 136 valence electrons. The van der Waals surface area contributed by atoms with Gasteiger partial charge in [-0.05, 0) is 26.1 Å². The Morgan fingerprint density at radius 1 is 0.833 bits per heavy atom. The second kappa shape index (κ2) is 11.0. The molecule has 0 saturated carbocycles. The van der Waals surface area contributed by atoms with Crippen molar-refractivity contribution in [2.75, 3.05) is 20.7 Å². The van der Waals surface area contributed by atoms with Crippen molar-refractivity contribution in [2.45, 2.75) is 64.6 Å². The van der Waals surface area contributed by atoms with Crippen LogP contribution in [0.3, 0.4) is 0 Å². The number of aliphatic hydroxyl groups excluding tert-OH is 1. The highest BCUT2D eigenvalue weighted by atomic mass is 16.5. The van der Waals surface area contributed by atoms with Crippen LogP contribution in [0.5, 0.6) is 0 Å². The molecule has 0 heterocycles. The molecule has 0 spiro atoms. The zero-order valence-electron chi connectivity index (χ0n) is 22.7. The van der Waals surface area contributed by atoms with Crippen molar-refractivity contribution in [3.05, 3.63) is 22.7 Å². The molecule has 1 aliphatic rings. The normalized spacial score (nSPS) is 22.5. The summed E-state index contributed by atoms with van der Waals surface area (Å²) in [5.74, 6) is -4.94. The first-order chi connectivity index (χ1) is 15.1. The van der Waals surface area contributed by atoms with Crippen LogP contribution in [0, 0.1) is 0 Å². The van der Waals surface area contributed by atoms with Crippen molar-refractivity contribution in [1.29, 1.82) is 0 Å². The standard InChI is InChI=1S/C19H30O5/c1-14-15(12-10-8-6-4-5-7-9-11-13-20)17(22)19(24-3)18(23-2)16(14)21/h20H,4-13H2,1-3H3/i1D3,2D3,3D3. The Balaban J connectivity index is 3.07. The van der Waals surface area contributed by atoms with Crippen LogP contribution in [-0.2, 0) is 19.1 Å². The summed E-state index contributed by atoms with van der Waals surface area (Å²) in [7, 11) is -6.45. The highest BCUT2D eigenvalue weighted by molar-refractivity contribution is 6.23. The fourth-order valence-corrected chi connectivity index (χ4v) is 2.61. The number of Topliss-reactive ketones (excluding diaryl/α,β-unsaturated/α-hetero) is 2.